The van der Waals surface area contributed by atoms with Gasteiger partial charge in [0.25, 0.3) is 0 Å². The smallest absolute Gasteiger partial charge is 0.336 e. The van der Waals surface area contributed by atoms with Gasteiger partial charge < -0.3 is 4.74 Å². The van der Waals surface area contributed by atoms with Crippen molar-refractivity contribution in [2.24, 2.45) is 0 Å². The second-order valence-electron chi connectivity index (χ2n) is 2.65. The van der Waals surface area contributed by atoms with Crippen molar-refractivity contribution in [2.45, 2.75) is 4.90 Å². The van der Waals surface area contributed by atoms with E-state index in [0.717, 1.165) is 7.11 Å². The average Bonchev–Trinajstić information content (AvgIpc) is 2.14. The number of benzene rings is 1. The Balaban J connectivity index is 3.60. The van der Waals surface area contributed by atoms with Crippen molar-refractivity contribution in [2.75, 3.05) is 7.11 Å². The summed E-state index contributed by atoms with van der Waals surface area (Å²) in [7, 11) is -4.23. The first kappa shape index (κ1) is 12.3. The van der Waals surface area contributed by atoms with Gasteiger partial charge in [-0.15, -0.1) is 3.89 Å². The SMILES string of the molecule is COc1cc(F)c([N+](=O)[O-])cc1S(=O)(=O)F. The lowest BCUT2D eigenvalue weighted by molar-refractivity contribution is -0.387. The second-order valence-corrected chi connectivity index (χ2v) is 3.96. The van der Waals surface area contributed by atoms with Gasteiger partial charge in [0.1, 0.15) is 10.6 Å². The van der Waals surface area contributed by atoms with E-state index < -0.39 is 37.3 Å². The third kappa shape index (κ3) is 2.24. The zero-order valence-electron chi connectivity index (χ0n) is 7.81. The molecule has 0 atom stereocenters. The Morgan fingerprint density at radius 3 is 2.38 bits per heavy atom. The Morgan fingerprint density at radius 1 is 1.44 bits per heavy atom. The zero-order chi connectivity index (χ0) is 12.5. The lowest BCUT2D eigenvalue weighted by atomic mass is 10.3. The maximum atomic E-state index is 13.0. The van der Waals surface area contributed by atoms with Crippen LogP contribution in [0.15, 0.2) is 17.0 Å². The van der Waals surface area contributed by atoms with E-state index in [9.17, 15) is 26.8 Å². The Kier molecular flexibility index (Phi) is 3.08. The Bertz CT molecular complexity index is 542. The first-order chi connectivity index (χ1) is 7.27. The summed E-state index contributed by atoms with van der Waals surface area (Å²) in [5.41, 5.74) is -1.14. The largest absolute Gasteiger partial charge is 0.495 e. The van der Waals surface area contributed by atoms with Crippen molar-refractivity contribution in [3.8, 4) is 5.75 Å². The van der Waals surface area contributed by atoms with Gasteiger partial charge in [-0.25, -0.2) is 0 Å². The van der Waals surface area contributed by atoms with Crippen LogP contribution in [-0.2, 0) is 10.2 Å². The first-order valence-corrected chi connectivity index (χ1v) is 5.12. The molecule has 0 aliphatic rings. The first-order valence-electron chi connectivity index (χ1n) is 3.74. The van der Waals surface area contributed by atoms with Gasteiger partial charge in [0.2, 0.25) is 5.82 Å². The molecular weight excluding hydrogens is 248 g/mol. The maximum absolute atomic E-state index is 13.0. The summed E-state index contributed by atoms with van der Waals surface area (Å²) < 4.78 is 51.3. The summed E-state index contributed by atoms with van der Waals surface area (Å²) >= 11 is 0. The predicted octanol–water partition coefficient (Wildman–Crippen LogP) is 1.40. The minimum Gasteiger partial charge on any atom is -0.495 e. The monoisotopic (exact) mass is 253 g/mol. The van der Waals surface area contributed by atoms with E-state index in [0.29, 0.717) is 6.07 Å². The normalized spacial score (nSPS) is 11.2. The van der Waals surface area contributed by atoms with E-state index in [1.165, 1.54) is 0 Å². The van der Waals surface area contributed by atoms with Crippen LogP contribution in [0.1, 0.15) is 0 Å². The summed E-state index contributed by atoms with van der Waals surface area (Å²) in [5, 5.41) is 10.3. The third-order valence-corrected chi connectivity index (χ3v) is 2.54. The minimum atomic E-state index is -5.21. The molecule has 1 aromatic rings. The molecule has 0 unspecified atom stereocenters. The molecule has 0 aromatic heterocycles. The van der Waals surface area contributed by atoms with Crippen LogP contribution < -0.4 is 4.74 Å². The van der Waals surface area contributed by atoms with Gasteiger partial charge >= 0.3 is 15.9 Å². The maximum Gasteiger partial charge on any atom is 0.336 e. The molecule has 88 valence electrons. The highest BCUT2D eigenvalue weighted by molar-refractivity contribution is 7.86. The fourth-order valence-corrected chi connectivity index (χ4v) is 1.65. The van der Waals surface area contributed by atoms with Gasteiger partial charge in [-0.1, -0.05) is 0 Å². The molecule has 0 heterocycles. The minimum absolute atomic E-state index is 0.267. The van der Waals surface area contributed by atoms with Crippen molar-refractivity contribution in [3.63, 3.8) is 0 Å². The molecule has 1 aromatic carbocycles. The summed E-state index contributed by atoms with van der Waals surface area (Å²) in [4.78, 5) is 8.06. The molecule has 0 N–H and O–H groups in total. The molecule has 1 rings (SSSR count). The molecule has 0 fully saturated rings. The standard InChI is InChI=1S/C7H5F2NO5S/c1-15-6-2-4(8)5(10(11)12)3-7(6)16(9,13)14/h2-3H,1H3. The Morgan fingerprint density at radius 2 is 2.00 bits per heavy atom. The van der Waals surface area contributed by atoms with E-state index in [1.807, 2.05) is 0 Å². The number of hydrogen-bond donors (Lipinski definition) is 0. The summed E-state index contributed by atoms with van der Waals surface area (Å²) in [6.07, 6.45) is 0. The lowest BCUT2D eigenvalue weighted by Crippen LogP contribution is -2.01. The summed E-state index contributed by atoms with van der Waals surface area (Å²) in [6.45, 7) is 0. The fraction of sp³-hybridized carbons (Fsp3) is 0.143. The predicted molar refractivity (Wildman–Crippen MR) is 47.9 cm³/mol. The van der Waals surface area contributed by atoms with E-state index >= 15 is 0 Å². The molecular formula is C7H5F2NO5S. The van der Waals surface area contributed by atoms with Crippen LogP contribution in [0.4, 0.5) is 14.0 Å². The molecule has 0 aliphatic heterocycles. The van der Waals surface area contributed by atoms with E-state index in [2.05, 4.69) is 4.74 Å². The zero-order valence-corrected chi connectivity index (χ0v) is 8.62. The summed E-state index contributed by atoms with van der Waals surface area (Å²) in [6, 6.07) is 0.702. The molecule has 16 heavy (non-hydrogen) atoms. The molecule has 6 nitrogen and oxygen atoms in total. The topological polar surface area (TPSA) is 86.5 Å². The van der Waals surface area contributed by atoms with Crippen LogP contribution in [0.25, 0.3) is 0 Å². The van der Waals surface area contributed by atoms with Gasteiger partial charge in [0, 0.05) is 12.1 Å². The highest BCUT2D eigenvalue weighted by Crippen LogP contribution is 2.31. The van der Waals surface area contributed by atoms with Crippen molar-refractivity contribution < 1.29 is 26.4 Å². The molecule has 0 saturated carbocycles. The molecule has 0 saturated heterocycles. The highest BCUT2D eigenvalue weighted by atomic mass is 32.3. The van der Waals surface area contributed by atoms with Gasteiger partial charge in [-0.05, 0) is 0 Å². The number of methoxy groups -OCH3 is 1. The van der Waals surface area contributed by atoms with Crippen molar-refractivity contribution >= 4 is 15.9 Å². The van der Waals surface area contributed by atoms with Gasteiger partial charge in [0.15, 0.2) is 0 Å². The molecule has 0 aliphatic carbocycles. The Labute approximate surface area is 88.8 Å². The molecule has 0 amide bonds. The quantitative estimate of drug-likeness (QED) is 0.461. The van der Waals surface area contributed by atoms with Crippen LogP contribution in [0.3, 0.4) is 0 Å². The average molecular weight is 253 g/mol. The summed E-state index contributed by atoms with van der Waals surface area (Å²) in [5.74, 6) is -1.94. The fourth-order valence-electron chi connectivity index (χ4n) is 1.01. The van der Waals surface area contributed by atoms with Gasteiger partial charge in [-0.2, -0.15) is 12.8 Å². The van der Waals surface area contributed by atoms with Gasteiger partial charge in [-0.3, -0.25) is 10.1 Å². The molecule has 0 spiro atoms. The number of halogens is 2. The Hall–Kier alpha value is -1.77. The van der Waals surface area contributed by atoms with E-state index in [-0.39, 0.29) is 6.07 Å². The highest BCUT2D eigenvalue weighted by Gasteiger charge is 2.26. The van der Waals surface area contributed by atoms with Crippen LogP contribution in [0.5, 0.6) is 5.75 Å². The molecule has 9 heteroatoms. The number of nitro groups is 1. The van der Waals surface area contributed by atoms with Crippen LogP contribution in [0, 0.1) is 15.9 Å². The second kappa shape index (κ2) is 4.00. The molecule has 0 bridgehead atoms. The number of rotatable bonds is 3. The number of ether oxygens (including phenoxy) is 1. The van der Waals surface area contributed by atoms with Crippen LogP contribution in [0.2, 0.25) is 0 Å². The number of hydrogen-bond acceptors (Lipinski definition) is 5. The van der Waals surface area contributed by atoms with Crippen LogP contribution in [-0.4, -0.2) is 20.5 Å². The van der Waals surface area contributed by atoms with E-state index in [1.54, 1.807) is 0 Å². The number of nitro benzene ring substituents is 1. The molecule has 0 radical (unpaired) electrons. The third-order valence-electron chi connectivity index (χ3n) is 1.69. The number of nitrogens with zero attached hydrogens (tertiary/aromatic N) is 1. The van der Waals surface area contributed by atoms with Crippen molar-refractivity contribution in [1.29, 1.82) is 0 Å². The van der Waals surface area contributed by atoms with E-state index in [4.69, 9.17) is 0 Å². The van der Waals surface area contributed by atoms with Crippen molar-refractivity contribution in [3.05, 3.63) is 28.1 Å². The lowest BCUT2D eigenvalue weighted by Gasteiger charge is -2.04. The van der Waals surface area contributed by atoms with Crippen molar-refractivity contribution in [1.82, 2.24) is 0 Å². The van der Waals surface area contributed by atoms with Crippen LogP contribution >= 0.6 is 0 Å². The van der Waals surface area contributed by atoms with Gasteiger partial charge in [0.05, 0.1) is 12.0 Å².